The van der Waals surface area contributed by atoms with E-state index in [9.17, 15) is 0 Å². The predicted octanol–water partition coefficient (Wildman–Crippen LogP) is 3.66. The van der Waals surface area contributed by atoms with Gasteiger partial charge in [-0.1, -0.05) is 30.3 Å². The second kappa shape index (κ2) is 5.93. The smallest absolute Gasteiger partial charge is 0.216 e. The molecule has 1 heterocycles. The van der Waals surface area contributed by atoms with Gasteiger partial charge in [-0.25, -0.2) is 0 Å². The maximum absolute atomic E-state index is 5.32. The van der Waals surface area contributed by atoms with E-state index in [1.54, 1.807) is 7.11 Å². The number of ether oxygens (including phenoxy) is 1. The molecule has 3 rings (SSSR count). The van der Waals surface area contributed by atoms with E-state index in [2.05, 4.69) is 22.2 Å². The van der Waals surface area contributed by atoms with E-state index in [4.69, 9.17) is 17.0 Å². The van der Waals surface area contributed by atoms with Crippen molar-refractivity contribution in [1.29, 1.82) is 0 Å². The molecule has 1 aromatic heterocycles. The summed E-state index contributed by atoms with van der Waals surface area (Å²) in [5, 5.41) is 3.24. The highest BCUT2D eigenvalue weighted by Crippen LogP contribution is 2.19. The molecule has 0 aliphatic carbocycles. The number of rotatable bonds is 4. The van der Waals surface area contributed by atoms with Crippen molar-refractivity contribution in [2.45, 2.75) is 6.54 Å². The van der Waals surface area contributed by atoms with Crippen LogP contribution in [0.5, 0.6) is 5.75 Å². The van der Waals surface area contributed by atoms with Gasteiger partial charge < -0.3 is 4.74 Å². The summed E-state index contributed by atoms with van der Waals surface area (Å²) >= 11 is 5.32. The van der Waals surface area contributed by atoms with Gasteiger partial charge in [0.2, 0.25) is 4.77 Å². The zero-order chi connectivity index (χ0) is 14.7. The molecule has 0 bridgehead atoms. The van der Waals surface area contributed by atoms with Crippen LogP contribution in [0.1, 0.15) is 5.56 Å². The molecule has 21 heavy (non-hydrogen) atoms. The third-order valence-corrected chi connectivity index (χ3v) is 3.54. The fourth-order valence-electron chi connectivity index (χ4n) is 2.11. The lowest BCUT2D eigenvalue weighted by molar-refractivity contribution is 0.415. The fraction of sp³-hybridized carbons (Fsp3) is 0.125. The molecule has 0 saturated heterocycles. The zero-order valence-electron chi connectivity index (χ0n) is 11.6. The van der Waals surface area contributed by atoms with Gasteiger partial charge in [0.25, 0.3) is 0 Å². The minimum absolute atomic E-state index is 0.546. The van der Waals surface area contributed by atoms with Crippen LogP contribution in [-0.4, -0.2) is 21.9 Å². The summed E-state index contributed by atoms with van der Waals surface area (Å²) in [4.78, 5) is 4.41. The molecule has 0 unspecified atom stereocenters. The molecular weight excluding hydrogens is 282 g/mol. The van der Waals surface area contributed by atoms with Gasteiger partial charge in [-0.3, -0.25) is 9.78 Å². The number of nitrogens with zero attached hydrogens (tertiary/aromatic N) is 2. The van der Waals surface area contributed by atoms with E-state index < -0.39 is 0 Å². The first-order valence-corrected chi connectivity index (χ1v) is 7.02. The molecule has 106 valence electrons. The van der Waals surface area contributed by atoms with Crippen LogP contribution >= 0.6 is 12.2 Å². The average molecular weight is 297 g/mol. The van der Waals surface area contributed by atoms with Gasteiger partial charge in [0.1, 0.15) is 5.75 Å². The van der Waals surface area contributed by atoms with Gasteiger partial charge >= 0.3 is 0 Å². The van der Waals surface area contributed by atoms with Crippen molar-refractivity contribution in [2.24, 2.45) is 0 Å². The topological polar surface area (TPSA) is 42.8 Å². The van der Waals surface area contributed by atoms with Crippen molar-refractivity contribution in [3.63, 3.8) is 0 Å². The molecule has 5 heteroatoms. The number of aromatic nitrogens is 3. The maximum Gasteiger partial charge on any atom is 0.216 e. The Bertz CT molecular complexity index is 775. The monoisotopic (exact) mass is 297 g/mol. The fourth-order valence-corrected chi connectivity index (χ4v) is 2.31. The van der Waals surface area contributed by atoms with Crippen molar-refractivity contribution >= 4 is 12.2 Å². The lowest BCUT2D eigenvalue weighted by Crippen LogP contribution is -2.01. The molecule has 0 aliphatic rings. The summed E-state index contributed by atoms with van der Waals surface area (Å²) < 4.78 is 7.57. The third kappa shape index (κ3) is 3.03. The van der Waals surface area contributed by atoms with E-state index in [0.717, 1.165) is 17.1 Å². The number of hydrogen-bond acceptors (Lipinski definition) is 3. The predicted molar refractivity (Wildman–Crippen MR) is 84.9 cm³/mol. The van der Waals surface area contributed by atoms with Gasteiger partial charge in [-0.05, 0) is 42.0 Å². The summed E-state index contributed by atoms with van der Waals surface area (Å²) in [5.41, 5.74) is 2.16. The van der Waals surface area contributed by atoms with Crippen molar-refractivity contribution in [2.75, 3.05) is 7.11 Å². The summed E-state index contributed by atoms with van der Waals surface area (Å²) in [7, 11) is 1.65. The van der Waals surface area contributed by atoms with Crippen LogP contribution in [0.3, 0.4) is 0 Å². The van der Waals surface area contributed by atoms with Crippen molar-refractivity contribution in [3.05, 3.63) is 64.9 Å². The van der Waals surface area contributed by atoms with Crippen LogP contribution < -0.4 is 4.74 Å². The van der Waals surface area contributed by atoms with E-state index in [-0.39, 0.29) is 0 Å². The first-order valence-electron chi connectivity index (χ1n) is 6.61. The lowest BCUT2D eigenvalue weighted by atomic mass is 10.2. The molecule has 1 N–H and O–H groups in total. The van der Waals surface area contributed by atoms with Gasteiger partial charge in [0.05, 0.1) is 13.7 Å². The molecule has 0 atom stereocenters. The van der Waals surface area contributed by atoms with E-state index in [1.807, 2.05) is 47.1 Å². The van der Waals surface area contributed by atoms with E-state index in [0.29, 0.717) is 11.3 Å². The first-order chi connectivity index (χ1) is 10.3. The molecule has 0 saturated carbocycles. The number of aromatic amines is 1. The number of H-pyrrole nitrogens is 1. The number of benzene rings is 2. The summed E-state index contributed by atoms with van der Waals surface area (Å²) in [6.07, 6.45) is 0. The highest BCUT2D eigenvalue weighted by molar-refractivity contribution is 7.71. The van der Waals surface area contributed by atoms with Crippen LogP contribution in [0, 0.1) is 4.77 Å². The van der Waals surface area contributed by atoms with Gasteiger partial charge in [0, 0.05) is 5.56 Å². The normalized spacial score (nSPS) is 10.5. The summed E-state index contributed by atoms with van der Waals surface area (Å²) in [5.74, 6) is 1.58. The van der Waals surface area contributed by atoms with Crippen molar-refractivity contribution in [3.8, 4) is 17.1 Å². The van der Waals surface area contributed by atoms with Gasteiger partial charge in [-0.15, -0.1) is 0 Å². The zero-order valence-corrected chi connectivity index (χ0v) is 12.4. The standard InChI is InChI=1S/C16H15N3OS/c1-20-14-9-7-13(8-10-14)15-17-16(21)19(18-15)11-12-5-3-2-4-6-12/h2-10H,11H2,1H3,(H,17,18,21). The van der Waals surface area contributed by atoms with Crippen LogP contribution in [0.2, 0.25) is 0 Å². The molecule has 0 radical (unpaired) electrons. The number of hydrogen-bond donors (Lipinski definition) is 1. The molecule has 4 nitrogen and oxygen atoms in total. The molecule has 0 fully saturated rings. The average Bonchev–Trinajstić information content (AvgIpc) is 2.89. The molecule has 3 aromatic rings. The van der Waals surface area contributed by atoms with Crippen LogP contribution in [-0.2, 0) is 6.54 Å². The van der Waals surface area contributed by atoms with E-state index >= 15 is 0 Å². The van der Waals surface area contributed by atoms with Gasteiger partial charge in [0.15, 0.2) is 5.82 Å². The van der Waals surface area contributed by atoms with Crippen molar-refractivity contribution in [1.82, 2.24) is 14.8 Å². The molecule has 0 aliphatic heterocycles. The Labute approximate surface area is 128 Å². The van der Waals surface area contributed by atoms with Crippen LogP contribution in [0.4, 0.5) is 0 Å². The molecular formula is C16H15N3OS. The first kappa shape index (κ1) is 13.6. The third-order valence-electron chi connectivity index (χ3n) is 3.23. The Balaban J connectivity index is 1.88. The van der Waals surface area contributed by atoms with Gasteiger partial charge in [-0.2, -0.15) is 4.98 Å². The molecule has 0 spiro atoms. The second-order valence-corrected chi connectivity index (χ2v) is 5.02. The Kier molecular flexibility index (Phi) is 3.83. The summed E-state index contributed by atoms with van der Waals surface area (Å²) in [6, 6.07) is 17.9. The highest BCUT2D eigenvalue weighted by atomic mass is 32.1. The summed E-state index contributed by atoms with van der Waals surface area (Å²) in [6.45, 7) is 0.683. The SMILES string of the molecule is COc1ccc(-c2nc(=S)n(Cc3ccccc3)[nH]2)cc1. The Hall–Kier alpha value is -2.40. The Morgan fingerprint density at radius 3 is 2.48 bits per heavy atom. The maximum atomic E-state index is 5.32. The number of methoxy groups -OCH3 is 1. The van der Waals surface area contributed by atoms with Crippen LogP contribution in [0.25, 0.3) is 11.4 Å². The largest absolute Gasteiger partial charge is 0.497 e. The van der Waals surface area contributed by atoms with Crippen LogP contribution in [0.15, 0.2) is 54.6 Å². The molecule has 2 aromatic carbocycles. The van der Waals surface area contributed by atoms with E-state index in [1.165, 1.54) is 5.56 Å². The quantitative estimate of drug-likeness (QED) is 0.747. The Morgan fingerprint density at radius 2 is 1.81 bits per heavy atom. The minimum Gasteiger partial charge on any atom is -0.497 e. The molecule has 0 amide bonds. The Morgan fingerprint density at radius 1 is 1.10 bits per heavy atom. The van der Waals surface area contributed by atoms with Crippen molar-refractivity contribution < 1.29 is 4.74 Å². The lowest BCUT2D eigenvalue weighted by Gasteiger charge is -2.03. The second-order valence-electron chi connectivity index (χ2n) is 4.66. The minimum atomic E-state index is 0.546. The number of nitrogens with one attached hydrogen (secondary N) is 1. The highest BCUT2D eigenvalue weighted by Gasteiger charge is 2.05.